The summed E-state index contributed by atoms with van der Waals surface area (Å²) < 4.78 is 0. The number of carbonyl (C=O) groups is 1. The van der Waals surface area contributed by atoms with Crippen molar-refractivity contribution in [3.05, 3.63) is 0 Å². The van der Waals surface area contributed by atoms with Crippen LogP contribution in [0.25, 0.3) is 0 Å². The Morgan fingerprint density at radius 3 is 2.53 bits per heavy atom. The highest BCUT2D eigenvalue weighted by Gasteiger charge is 2.33. The molecule has 2 unspecified atom stereocenters. The van der Waals surface area contributed by atoms with Gasteiger partial charge in [-0.3, -0.25) is 4.79 Å². The topological polar surface area (TPSA) is 46.3 Å². The average Bonchev–Trinajstić information content (AvgIpc) is 2.63. The van der Waals surface area contributed by atoms with Gasteiger partial charge in [-0.25, -0.2) is 0 Å². The molecule has 17 heavy (non-hydrogen) atoms. The van der Waals surface area contributed by atoms with E-state index in [0.717, 1.165) is 6.42 Å². The molecule has 1 saturated carbocycles. The summed E-state index contributed by atoms with van der Waals surface area (Å²) in [6, 6.07) is 0.227. The molecule has 2 atom stereocenters. The standard InChI is InChI=1S/C13H24N2OS/c1-9(2)15(8-7-12(14)17)13(16)11-6-4-5-10(11)3/h9-11H,4-8H2,1-3H3,(H2,14,17). The lowest BCUT2D eigenvalue weighted by molar-refractivity contribution is -0.138. The molecule has 0 aromatic carbocycles. The monoisotopic (exact) mass is 256 g/mol. The van der Waals surface area contributed by atoms with Crippen LogP contribution in [-0.2, 0) is 4.79 Å². The number of amides is 1. The van der Waals surface area contributed by atoms with E-state index in [1.165, 1.54) is 12.8 Å². The predicted octanol–water partition coefficient (Wildman–Crippen LogP) is 2.34. The number of carbonyl (C=O) groups excluding carboxylic acids is 1. The van der Waals surface area contributed by atoms with Crippen LogP contribution >= 0.6 is 12.2 Å². The lowest BCUT2D eigenvalue weighted by atomic mass is 9.96. The van der Waals surface area contributed by atoms with Gasteiger partial charge in [0.1, 0.15) is 0 Å². The maximum Gasteiger partial charge on any atom is 0.226 e. The van der Waals surface area contributed by atoms with Crippen molar-refractivity contribution in [3.8, 4) is 0 Å². The molecule has 0 aromatic rings. The van der Waals surface area contributed by atoms with Crippen LogP contribution in [0.5, 0.6) is 0 Å². The highest BCUT2D eigenvalue weighted by Crippen LogP contribution is 2.33. The molecule has 0 aliphatic heterocycles. The van der Waals surface area contributed by atoms with Crippen molar-refractivity contribution < 1.29 is 4.79 Å². The second kappa shape index (κ2) is 6.34. The fourth-order valence-electron chi connectivity index (χ4n) is 2.58. The molecule has 1 amide bonds. The number of thiocarbonyl (C=S) groups is 1. The van der Waals surface area contributed by atoms with E-state index in [1.807, 2.05) is 4.90 Å². The first kappa shape index (κ1) is 14.4. The van der Waals surface area contributed by atoms with Gasteiger partial charge in [0, 0.05) is 24.9 Å². The molecule has 1 fully saturated rings. The summed E-state index contributed by atoms with van der Waals surface area (Å²) in [5.41, 5.74) is 5.52. The minimum atomic E-state index is 0.212. The Labute approximate surface area is 110 Å². The first-order valence-electron chi connectivity index (χ1n) is 6.52. The Bertz CT molecular complexity index is 291. The molecule has 1 aliphatic rings. The molecule has 3 nitrogen and oxygen atoms in total. The van der Waals surface area contributed by atoms with E-state index < -0.39 is 0 Å². The molecule has 1 rings (SSSR count). The molecule has 98 valence electrons. The fraction of sp³-hybridized carbons (Fsp3) is 0.846. The second-order valence-electron chi connectivity index (χ2n) is 5.36. The van der Waals surface area contributed by atoms with Crippen LogP contribution < -0.4 is 5.73 Å². The van der Waals surface area contributed by atoms with Crippen molar-refractivity contribution in [2.24, 2.45) is 17.6 Å². The summed E-state index contributed by atoms with van der Waals surface area (Å²) >= 11 is 4.88. The average molecular weight is 256 g/mol. The Kier molecular flexibility index (Phi) is 5.37. The van der Waals surface area contributed by atoms with Crippen LogP contribution in [0.3, 0.4) is 0 Å². The van der Waals surface area contributed by atoms with Gasteiger partial charge in [-0.05, 0) is 32.6 Å². The number of nitrogens with two attached hydrogens (primary N) is 1. The van der Waals surface area contributed by atoms with Gasteiger partial charge >= 0.3 is 0 Å². The number of hydrogen-bond donors (Lipinski definition) is 1. The Hall–Kier alpha value is -0.640. The first-order valence-corrected chi connectivity index (χ1v) is 6.93. The van der Waals surface area contributed by atoms with Crippen molar-refractivity contribution in [3.63, 3.8) is 0 Å². The van der Waals surface area contributed by atoms with E-state index in [9.17, 15) is 4.79 Å². The van der Waals surface area contributed by atoms with E-state index in [1.54, 1.807) is 0 Å². The van der Waals surface area contributed by atoms with Crippen LogP contribution in [0.1, 0.15) is 46.5 Å². The zero-order chi connectivity index (χ0) is 13.0. The second-order valence-corrected chi connectivity index (χ2v) is 5.88. The molecule has 0 bridgehead atoms. The number of rotatable bonds is 5. The van der Waals surface area contributed by atoms with Crippen molar-refractivity contribution in [2.75, 3.05) is 6.54 Å². The lowest BCUT2D eigenvalue weighted by Gasteiger charge is -2.30. The van der Waals surface area contributed by atoms with Gasteiger partial charge in [-0.2, -0.15) is 0 Å². The van der Waals surface area contributed by atoms with E-state index in [2.05, 4.69) is 20.8 Å². The largest absolute Gasteiger partial charge is 0.393 e. The van der Waals surface area contributed by atoms with E-state index >= 15 is 0 Å². The maximum atomic E-state index is 12.5. The van der Waals surface area contributed by atoms with Crippen LogP contribution in [0.15, 0.2) is 0 Å². The predicted molar refractivity (Wildman–Crippen MR) is 74.8 cm³/mol. The summed E-state index contributed by atoms with van der Waals surface area (Å²) in [4.78, 5) is 14.9. The Morgan fingerprint density at radius 1 is 1.47 bits per heavy atom. The third kappa shape index (κ3) is 3.95. The summed E-state index contributed by atoms with van der Waals surface area (Å²) in [5, 5.41) is 0. The van der Waals surface area contributed by atoms with E-state index in [4.69, 9.17) is 18.0 Å². The molecular weight excluding hydrogens is 232 g/mol. The Morgan fingerprint density at radius 2 is 2.12 bits per heavy atom. The minimum Gasteiger partial charge on any atom is -0.393 e. The summed E-state index contributed by atoms with van der Waals surface area (Å²) in [6.45, 7) is 6.95. The molecule has 4 heteroatoms. The third-order valence-electron chi connectivity index (χ3n) is 3.68. The van der Waals surface area contributed by atoms with E-state index in [0.29, 0.717) is 29.8 Å². The lowest BCUT2D eigenvalue weighted by Crippen LogP contribution is -2.43. The van der Waals surface area contributed by atoms with Gasteiger partial charge in [0.25, 0.3) is 0 Å². The van der Waals surface area contributed by atoms with Crippen LogP contribution in [0, 0.1) is 11.8 Å². The first-order chi connectivity index (χ1) is 7.93. The summed E-state index contributed by atoms with van der Waals surface area (Å²) in [7, 11) is 0. The SMILES string of the molecule is CC1CCCC1C(=O)N(CCC(N)=S)C(C)C. The third-order valence-corrected chi connectivity index (χ3v) is 3.89. The molecule has 0 heterocycles. The van der Waals surface area contributed by atoms with Crippen LogP contribution in [0.2, 0.25) is 0 Å². The molecule has 1 aliphatic carbocycles. The van der Waals surface area contributed by atoms with Gasteiger partial charge in [-0.1, -0.05) is 25.6 Å². The van der Waals surface area contributed by atoms with Gasteiger partial charge in [0.15, 0.2) is 0 Å². The summed E-state index contributed by atoms with van der Waals surface area (Å²) in [5.74, 6) is 1.03. The molecule has 0 saturated heterocycles. The highest BCUT2D eigenvalue weighted by atomic mass is 32.1. The molecular formula is C13H24N2OS. The highest BCUT2D eigenvalue weighted by molar-refractivity contribution is 7.80. The zero-order valence-electron chi connectivity index (χ0n) is 11.1. The van der Waals surface area contributed by atoms with Crippen molar-refractivity contribution in [1.29, 1.82) is 0 Å². The minimum absolute atomic E-state index is 0.212. The molecule has 0 aromatic heterocycles. The fourth-order valence-corrected chi connectivity index (χ4v) is 2.67. The van der Waals surface area contributed by atoms with Crippen LogP contribution in [-0.4, -0.2) is 28.4 Å². The van der Waals surface area contributed by atoms with Crippen molar-refractivity contribution >= 4 is 23.1 Å². The van der Waals surface area contributed by atoms with Gasteiger partial charge in [-0.15, -0.1) is 0 Å². The normalized spacial score (nSPS) is 24.0. The molecule has 2 N–H and O–H groups in total. The van der Waals surface area contributed by atoms with Crippen molar-refractivity contribution in [1.82, 2.24) is 4.90 Å². The van der Waals surface area contributed by atoms with Gasteiger partial charge < -0.3 is 10.6 Å². The number of hydrogen-bond acceptors (Lipinski definition) is 2. The smallest absolute Gasteiger partial charge is 0.226 e. The number of nitrogens with zero attached hydrogens (tertiary/aromatic N) is 1. The maximum absolute atomic E-state index is 12.5. The van der Waals surface area contributed by atoms with Gasteiger partial charge in [0.2, 0.25) is 5.91 Å². The Balaban J connectivity index is 2.63. The van der Waals surface area contributed by atoms with Gasteiger partial charge in [0.05, 0.1) is 4.99 Å². The zero-order valence-corrected chi connectivity index (χ0v) is 11.9. The quantitative estimate of drug-likeness (QED) is 0.768. The van der Waals surface area contributed by atoms with E-state index in [-0.39, 0.29) is 12.0 Å². The molecule has 0 spiro atoms. The van der Waals surface area contributed by atoms with Crippen molar-refractivity contribution in [2.45, 2.75) is 52.5 Å². The molecule has 0 radical (unpaired) electrons. The van der Waals surface area contributed by atoms with Crippen LogP contribution in [0.4, 0.5) is 0 Å². The summed E-state index contributed by atoms with van der Waals surface area (Å²) in [6.07, 6.45) is 4.02.